The molecule has 3 amide bonds. The van der Waals surface area contributed by atoms with E-state index >= 15 is 0 Å². The molecular formula is C35H43N7O7S. The molecule has 3 aliphatic rings. The first-order valence-electron chi connectivity index (χ1n) is 16.9. The minimum atomic E-state index is -1.45. The van der Waals surface area contributed by atoms with Crippen molar-refractivity contribution in [3.8, 4) is 27.7 Å². The number of ether oxygens (including phenoxy) is 2. The SMILES string of the molecule is COc1ccc(-c2nn(C3C[C@H]4C(=O)N[C@]5(C(=O)O)CC5/C=C\CCCCC[C@H](NC(=O)OC(C)(C)C)C(=O)N4C3)nc2-c2nccs2)cc1. The first-order chi connectivity index (χ1) is 23.9. The molecule has 1 aromatic carbocycles. The van der Waals surface area contributed by atoms with E-state index in [4.69, 9.17) is 19.7 Å². The molecule has 1 aliphatic carbocycles. The number of rotatable bonds is 6. The number of fused-ring (bicyclic) bond motifs is 2. The normalized spacial score (nSPS) is 26.4. The number of hydrogen-bond acceptors (Lipinski definition) is 10. The Hall–Kier alpha value is -4.79. The van der Waals surface area contributed by atoms with E-state index in [-0.39, 0.29) is 25.3 Å². The number of amides is 3. The molecule has 0 spiro atoms. The third-order valence-corrected chi connectivity index (χ3v) is 10.1. The fourth-order valence-electron chi connectivity index (χ4n) is 6.61. The van der Waals surface area contributed by atoms with E-state index in [0.717, 1.165) is 24.8 Å². The molecule has 1 saturated heterocycles. The second-order valence-electron chi connectivity index (χ2n) is 14.0. The number of nitrogens with one attached hydrogen (secondary N) is 2. The number of nitrogens with zero attached hydrogens (tertiary/aromatic N) is 5. The molecule has 266 valence electrons. The van der Waals surface area contributed by atoms with Crippen LogP contribution in [-0.4, -0.2) is 90.7 Å². The maximum atomic E-state index is 14.4. The van der Waals surface area contributed by atoms with Crippen molar-refractivity contribution in [1.82, 2.24) is 35.5 Å². The van der Waals surface area contributed by atoms with Crippen LogP contribution in [0.25, 0.3) is 22.0 Å². The maximum absolute atomic E-state index is 14.4. The number of hydrogen-bond donors (Lipinski definition) is 3. The van der Waals surface area contributed by atoms with E-state index in [2.05, 4.69) is 15.6 Å². The lowest BCUT2D eigenvalue weighted by Crippen LogP contribution is -2.56. The lowest BCUT2D eigenvalue weighted by molar-refractivity contribution is -0.145. The predicted molar refractivity (Wildman–Crippen MR) is 184 cm³/mol. The van der Waals surface area contributed by atoms with Crippen molar-refractivity contribution in [2.45, 2.75) is 95.0 Å². The van der Waals surface area contributed by atoms with E-state index in [1.165, 1.54) is 21.0 Å². The third-order valence-electron chi connectivity index (χ3n) is 9.28. The van der Waals surface area contributed by atoms with Crippen molar-refractivity contribution < 1.29 is 33.8 Å². The van der Waals surface area contributed by atoms with Crippen molar-refractivity contribution in [1.29, 1.82) is 0 Å². The summed E-state index contributed by atoms with van der Waals surface area (Å²) in [6.45, 7) is 5.28. The van der Waals surface area contributed by atoms with Crippen LogP contribution in [0.15, 0.2) is 48.0 Å². The van der Waals surface area contributed by atoms with Gasteiger partial charge in [-0.3, -0.25) is 9.59 Å². The number of carbonyl (C=O) groups is 4. The summed E-state index contributed by atoms with van der Waals surface area (Å²) >= 11 is 1.41. The van der Waals surface area contributed by atoms with Gasteiger partial charge in [0, 0.05) is 36.0 Å². The smallest absolute Gasteiger partial charge is 0.408 e. The molecule has 50 heavy (non-hydrogen) atoms. The predicted octanol–water partition coefficient (Wildman–Crippen LogP) is 4.59. The topological polar surface area (TPSA) is 178 Å². The lowest BCUT2D eigenvalue weighted by Gasteiger charge is -2.30. The van der Waals surface area contributed by atoms with Crippen molar-refractivity contribution in [3.63, 3.8) is 0 Å². The van der Waals surface area contributed by atoms with Gasteiger partial charge >= 0.3 is 12.1 Å². The third kappa shape index (κ3) is 7.52. The van der Waals surface area contributed by atoms with Crippen LogP contribution < -0.4 is 15.4 Å². The summed E-state index contributed by atoms with van der Waals surface area (Å²) in [5, 5.41) is 28.0. The monoisotopic (exact) mass is 705 g/mol. The van der Waals surface area contributed by atoms with Crippen molar-refractivity contribution in [3.05, 3.63) is 48.0 Å². The molecule has 2 aliphatic heterocycles. The zero-order valence-electron chi connectivity index (χ0n) is 28.6. The van der Waals surface area contributed by atoms with Crippen molar-refractivity contribution in [2.24, 2.45) is 5.92 Å². The molecule has 2 fully saturated rings. The number of thiazole rings is 1. The number of allylic oxidation sites excluding steroid dienone is 1. The second-order valence-corrected chi connectivity index (χ2v) is 14.9. The number of carboxylic acid groups (broad SMARTS) is 1. The van der Waals surface area contributed by atoms with Crippen LogP contribution in [0.4, 0.5) is 4.79 Å². The molecule has 2 aromatic heterocycles. The molecule has 2 unspecified atom stereocenters. The molecule has 0 bridgehead atoms. The fourth-order valence-corrected chi connectivity index (χ4v) is 7.23. The van der Waals surface area contributed by atoms with Gasteiger partial charge < -0.3 is 30.1 Å². The van der Waals surface area contributed by atoms with Gasteiger partial charge in [0.05, 0.1) is 13.2 Å². The number of aromatic nitrogens is 4. The average molecular weight is 706 g/mol. The van der Waals surface area contributed by atoms with Gasteiger partial charge in [-0.05, 0) is 70.7 Å². The van der Waals surface area contributed by atoms with Crippen LogP contribution in [-0.2, 0) is 19.1 Å². The Labute approximate surface area is 294 Å². The zero-order valence-corrected chi connectivity index (χ0v) is 29.4. The summed E-state index contributed by atoms with van der Waals surface area (Å²) in [5.74, 6) is -1.81. The van der Waals surface area contributed by atoms with Crippen LogP contribution in [0.2, 0.25) is 0 Å². The molecule has 6 rings (SSSR count). The van der Waals surface area contributed by atoms with E-state index in [1.807, 2.05) is 41.8 Å². The second kappa shape index (κ2) is 14.2. The average Bonchev–Trinajstić information content (AvgIpc) is 3.52. The number of carbonyl (C=O) groups excluding carboxylic acids is 3. The fraction of sp³-hybridized carbons (Fsp3) is 0.514. The Kier molecular flexibility index (Phi) is 9.96. The Balaban J connectivity index is 1.35. The number of methoxy groups -OCH3 is 1. The Morgan fingerprint density at radius 3 is 2.54 bits per heavy atom. The van der Waals surface area contributed by atoms with Crippen molar-refractivity contribution >= 4 is 35.2 Å². The van der Waals surface area contributed by atoms with E-state index in [1.54, 1.807) is 34.1 Å². The molecule has 15 heteroatoms. The first kappa shape index (κ1) is 35.1. The minimum Gasteiger partial charge on any atom is -0.497 e. The minimum absolute atomic E-state index is 0.0564. The van der Waals surface area contributed by atoms with Crippen LogP contribution in [0, 0.1) is 5.92 Å². The van der Waals surface area contributed by atoms with Crippen LogP contribution in [0.1, 0.15) is 71.8 Å². The van der Waals surface area contributed by atoms with E-state index in [0.29, 0.717) is 35.0 Å². The summed E-state index contributed by atoms with van der Waals surface area (Å²) in [6, 6.07) is 4.85. The van der Waals surface area contributed by atoms with Crippen LogP contribution in [0.3, 0.4) is 0 Å². The van der Waals surface area contributed by atoms with Gasteiger partial charge in [0.15, 0.2) is 0 Å². The summed E-state index contributed by atoms with van der Waals surface area (Å²) in [7, 11) is 1.59. The van der Waals surface area contributed by atoms with Crippen LogP contribution in [0.5, 0.6) is 5.75 Å². The van der Waals surface area contributed by atoms with Crippen molar-refractivity contribution in [2.75, 3.05) is 13.7 Å². The molecular weight excluding hydrogens is 662 g/mol. The van der Waals surface area contributed by atoms with Gasteiger partial charge in [-0.25, -0.2) is 14.6 Å². The van der Waals surface area contributed by atoms with E-state index < -0.39 is 53.1 Å². The molecule has 4 heterocycles. The van der Waals surface area contributed by atoms with Gasteiger partial charge in [0.1, 0.15) is 45.4 Å². The highest BCUT2D eigenvalue weighted by molar-refractivity contribution is 7.13. The zero-order chi connectivity index (χ0) is 35.6. The van der Waals surface area contributed by atoms with Gasteiger partial charge in [0.25, 0.3) is 0 Å². The molecule has 5 atom stereocenters. The van der Waals surface area contributed by atoms with E-state index in [9.17, 15) is 24.3 Å². The molecule has 14 nitrogen and oxygen atoms in total. The van der Waals surface area contributed by atoms with Gasteiger partial charge in [-0.15, -0.1) is 16.4 Å². The highest BCUT2D eigenvalue weighted by atomic mass is 32.1. The summed E-state index contributed by atoms with van der Waals surface area (Å²) < 4.78 is 10.8. The number of carboxylic acids is 1. The summed E-state index contributed by atoms with van der Waals surface area (Å²) in [5.41, 5.74) is -0.327. The van der Waals surface area contributed by atoms with Gasteiger partial charge in [-0.1, -0.05) is 25.0 Å². The van der Waals surface area contributed by atoms with Gasteiger partial charge in [0.2, 0.25) is 11.8 Å². The number of alkyl carbamates (subject to hydrolysis) is 1. The number of aliphatic carboxylic acids is 1. The molecule has 1 saturated carbocycles. The summed E-state index contributed by atoms with van der Waals surface area (Å²) in [4.78, 5) is 61.3. The Morgan fingerprint density at radius 1 is 1.10 bits per heavy atom. The quantitative estimate of drug-likeness (QED) is 0.307. The molecule has 0 radical (unpaired) electrons. The Morgan fingerprint density at radius 2 is 1.86 bits per heavy atom. The maximum Gasteiger partial charge on any atom is 0.408 e. The molecule has 3 N–H and O–H groups in total. The lowest BCUT2D eigenvalue weighted by atomic mass is 10.0. The Bertz CT molecular complexity index is 1750. The number of benzene rings is 1. The largest absolute Gasteiger partial charge is 0.497 e. The standard InChI is InChI=1S/C35H43N7O7S/c1-34(2,3)49-33(47)37-25-11-9-7-5-6-8-10-22-19-35(22,32(45)46)38-29(43)26-18-23(20-41(26)31(25)44)42-39-27(21-12-14-24(48-4)15-13-21)28(40-42)30-36-16-17-50-30/h8,10,12-17,22-23,25-26H,5-7,9,11,18-20H2,1-4H3,(H,37,47)(H,38,43)(H,45,46)/b10-8-/t22?,23?,25-,26-,35+/m0/s1. The highest BCUT2D eigenvalue weighted by Gasteiger charge is 2.61. The van der Waals surface area contributed by atoms with Gasteiger partial charge in [-0.2, -0.15) is 9.90 Å². The first-order valence-corrected chi connectivity index (χ1v) is 17.8. The summed E-state index contributed by atoms with van der Waals surface area (Å²) in [6.07, 6.45) is 8.55. The van der Waals surface area contributed by atoms with Crippen LogP contribution >= 0.6 is 11.3 Å². The highest BCUT2D eigenvalue weighted by Crippen LogP contribution is 2.46. The molecule has 3 aromatic rings.